The maximum atomic E-state index is 13.7. The van der Waals surface area contributed by atoms with E-state index >= 15 is 0 Å². The number of benzene rings is 1. The summed E-state index contributed by atoms with van der Waals surface area (Å²) in [5.74, 6) is -0.0123. The smallest absolute Gasteiger partial charge is 0.170 e. The van der Waals surface area contributed by atoms with Crippen molar-refractivity contribution in [2.24, 2.45) is 0 Å². The molecule has 4 nitrogen and oxygen atoms in total. The summed E-state index contributed by atoms with van der Waals surface area (Å²) in [5, 5.41) is 11.4. The molecule has 114 valence electrons. The zero-order valence-electron chi connectivity index (χ0n) is 12.3. The maximum absolute atomic E-state index is 13.7. The highest BCUT2D eigenvalue weighted by Crippen LogP contribution is 2.35. The zero-order valence-corrected chi connectivity index (χ0v) is 12.3. The minimum absolute atomic E-state index is 0.198. The standard InChI is InChI=1S/C16H20FNO3/c1-16(2,18-6-8-20-9-7-18)15(19)13-10-11-4-3-5-12(17)14(11)21-13/h3-5,10,15,19H,6-9H2,1-2H3. The summed E-state index contributed by atoms with van der Waals surface area (Å²) in [6.45, 7) is 6.77. The van der Waals surface area contributed by atoms with Crippen LogP contribution in [-0.2, 0) is 4.74 Å². The Bertz CT molecular complexity index is 631. The van der Waals surface area contributed by atoms with Crippen molar-refractivity contribution in [2.45, 2.75) is 25.5 Å². The first-order chi connectivity index (χ1) is 10.00. The molecule has 21 heavy (non-hydrogen) atoms. The normalized spacial score (nSPS) is 19.0. The van der Waals surface area contributed by atoms with Crippen LogP contribution >= 0.6 is 0 Å². The van der Waals surface area contributed by atoms with E-state index in [1.165, 1.54) is 6.07 Å². The van der Waals surface area contributed by atoms with Gasteiger partial charge < -0.3 is 14.3 Å². The number of aliphatic hydroxyl groups is 1. The van der Waals surface area contributed by atoms with Crippen LogP contribution < -0.4 is 0 Å². The van der Waals surface area contributed by atoms with Gasteiger partial charge in [-0.1, -0.05) is 12.1 Å². The summed E-state index contributed by atoms with van der Waals surface area (Å²) in [6.07, 6.45) is -0.831. The summed E-state index contributed by atoms with van der Waals surface area (Å²) in [6, 6.07) is 6.48. The maximum Gasteiger partial charge on any atom is 0.170 e. The van der Waals surface area contributed by atoms with Crippen molar-refractivity contribution in [3.05, 3.63) is 35.8 Å². The third-order valence-corrected chi connectivity index (χ3v) is 4.28. The van der Waals surface area contributed by atoms with Gasteiger partial charge in [0.15, 0.2) is 11.4 Å². The van der Waals surface area contributed by atoms with Crippen LogP contribution in [-0.4, -0.2) is 41.8 Å². The monoisotopic (exact) mass is 293 g/mol. The summed E-state index contributed by atoms with van der Waals surface area (Å²) < 4.78 is 24.6. The average molecular weight is 293 g/mol. The van der Waals surface area contributed by atoms with Gasteiger partial charge in [-0.2, -0.15) is 0 Å². The lowest BCUT2D eigenvalue weighted by Gasteiger charge is -2.43. The quantitative estimate of drug-likeness (QED) is 0.945. The molecule has 1 aliphatic heterocycles. The van der Waals surface area contributed by atoms with Crippen LogP contribution in [0.25, 0.3) is 11.0 Å². The molecule has 1 aromatic heterocycles. The molecule has 0 radical (unpaired) electrons. The van der Waals surface area contributed by atoms with E-state index in [1.54, 1.807) is 18.2 Å². The SMILES string of the molecule is CC(C)(C(O)c1cc2cccc(F)c2o1)N1CCOCC1. The molecular weight excluding hydrogens is 273 g/mol. The van der Waals surface area contributed by atoms with E-state index < -0.39 is 17.5 Å². The average Bonchev–Trinajstić information content (AvgIpc) is 2.93. The van der Waals surface area contributed by atoms with Crippen LogP contribution in [0, 0.1) is 5.82 Å². The summed E-state index contributed by atoms with van der Waals surface area (Å²) >= 11 is 0. The fraction of sp³-hybridized carbons (Fsp3) is 0.500. The lowest BCUT2D eigenvalue weighted by molar-refractivity contribution is -0.0686. The van der Waals surface area contributed by atoms with Crippen LogP contribution in [0.15, 0.2) is 28.7 Å². The van der Waals surface area contributed by atoms with E-state index in [0.717, 1.165) is 13.1 Å². The molecule has 0 saturated carbocycles. The lowest BCUT2D eigenvalue weighted by atomic mass is 9.92. The number of aliphatic hydroxyl groups excluding tert-OH is 1. The van der Waals surface area contributed by atoms with Gasteiger partial charge in [-0.05, 0) is 26.0 Å². The number of rotatable bonds is 3. The highest BCUT2D eigenvalue weighted by atomic mass is 19.1. The molecule has 1 aliphatic rings. The van der Waals surface area contributed by atoms with Crippen LogP contribution in [0.4, 0.5) is 4.39 Å². The Balaban J connectivity index is 1.91. The van der Waals surface area contributed by atoms with Gasteiger partial charge in [0.25, 0.3) is 0 Å². The Kier molecular flexibility index (Phi) is 3.73. The predicted molar refractivity (Wildman–Crippen MR) is 77.6 cm³/mol. The van der Waals surface area contributed by atoms with Gasteiger partial charge in [-0.25, -0.2) is 4.39 Å². The fourth-order valence-electron chi connectivity index (χ4n) is 2.84. The highest BCUT2D eigenvalue weighted by molar-refractivity contribution is 5.78. The molecule has 1 atom stereocenters. The second-order valence-electron chi connectivity index (χ2n) is 5.96. The number of nitrogens with zero attached hydrogens (tertiary/aromatic N) is 1. The van der Waals surface area contributed by atoms with Crippen molar-refractivity contribution in [1.82, 2.24) is 4.90 Å². The van der Waals surface area contributed by atoms with E-state index in [0.29, 0.717) is 24.4 Å². The fourth-order valence-corrected chi connectivity index (χ4v) is 2.84. The Morgan fingerprint density at radius 1 is 1.29 bits per heavy atom. The van der Waals surface area contributed by atoms with E-state index in [4.69, 9.17) is 9.15 Å². The van der Waals surface area contributed by atoms with Crippen LogP contribution in [0.3, 0.4) is 0 Å². The Morgan fingerprint density at radius 2 is 2.00 bits per heavy atom. The second-order valence-corrected chi connectivity index (χ2v) is 5.96. The van der Waals surface area contributed by atoms with Crippen molar-refractivity contribution in [3.63, 3.8) is 0 Å². The van der Waals surface area contributed by atoms with Crippen LogP contribution in [0.5, 0.6) is 0 Å². The summed E-state index contributed by atoms with van der Waals surface area (Å²) in [7, 11) is 0. The largest absolute Gasteiger partial charge is 0.455 e. The predicted octanol–water partition coefficient (Wildman–Crippen LogP) is 2.72. The lowest BCUT2D eigenvalue weighted by Crippen LogP contribution is -2.53. The third-order valence-electron chi connectivity index (χ3n) is 4.28. The van der Waals surface area contributed by atoms with Crippen molar-refractivity contribution >= 4 is 11.0 Å². The van der Waals surface area contributed by atoms with Gasteiger partial charge in [-0.3, -0.25) is 4.90 Å². The number of morpholine rings is 1. The number of hydrogen-bond acceptors (Lipinski definition) is 4. The summed E-state index contributed by atoms with van der Waals surface area (Å²) in [5.41, 5.74) is -0.307. The number of ether oxygens (including phenoxy) is 1. The molecule has 0 bridgehead atoms. The molecule has 2 aromatic rings. The molecule has 3 rings (SSSR count). The van der Waals surface area contributed by atoms with Gasteiger partial charge in [0.05, 0.1) is 13.2 Å². The number of para-hydroxylation sites is 1. The van der Waals surface area contributed by atoms with Gasteiger partial charge in [0, 0.05) is 24.0 Å². The second kappa shape index (κ2) is 5.40. The first kappa shape index (κ1) is 14.5. The Hall–Kier alpha value is -1.43. The number of hydrogen-bond donors (Lipinski definition) is 1. The molecule has 0 amide bonds. The van der Waals surface area contributed by atoms with Crippen LogP contribution in [0.2, 0.25) is 0 Å². The van der Waals surface area contributed by atoms with Gasteiger partial charge >= 0.3 is 0 Å². The van der Waals surface area contributed by atoms with Gasteiger partial charge in [0.2, 0.25) is 0 Å². The highest BCUT2D eigenvalue weighted by Gasteiger charge is 2.38. The van der Waals surface area contributed by atoms with E-state index in [2.05, 4.69) is 4.90 Å². The molecule has 1 fully saturated rings. The first-order valence-corrected chi connectivity index (χ1v) is 7.19. The molecular formula is C16H20FNO3. The molecule has 2 heterocycles. The molecule has 0 spiro atoms. The minimum Gasteiger partial charge on any atom is -0.455 e. The molecule has 1 saturated heterocycles. The topological polar surface area (TPSA) is 45.8 Å². The first-order valence-electron chi connectivity index (χ1n) is 7.19. The molecule has 0 aliphatic carbocycles. The van der Waals surface area contributed by atoms with Crippen molar-refractivity contribution in [1.29, 1.82) is 0 Å². The van der Waals surface area contributed by atoms with Crippen molar-refractivity contribution in [2.75, 3.05) is 26.3 Å². The van der Waals surface area contributed by atoms with E-state index in [1.807, 2.05) is 13.8 Å². The molecule has 1 unspecified atom stereocenters. The van der Waals surface area contributed by atoms with E-state index in [-0.39, 0.29) is 5.58 Å². The Labute approximate surface area is 123 Å². The molecule has 5 heteroatoms. The van der Waals surface area contributed by atoms with Crippen molar-refractivity contribution in [3.8, 4) is 0 Å². The Morgan fingerprint density at radius 3 is 2.67 bits per heavy atom. The molecule has 1 aromatic carbocycles. The summed E-state index contributed by atoms with van der Waals surface area (Å²) in [4.78, 5) is 2.17. The van der Waals surface area contributed by atoms with Gasteiger partial charge in [0.1, 0.15) is 11.9 Å². The van der Waals surface area contributed by atoms with E-state index in [9.17, 15) is 9.50 Å². The van der Waals surface area contributed by atoms with Gasteiger partial charge in [-0.15, -0.1) is 0 Å². The number of fused-ring (bicyclic) bond motifs is 1. The third kappa shape index (κ3) is 2.57. The van der Waals surface area contributed by atoms with Crippen molar-refractivity contribution < 1.29 is 18.7 Å². The number of halogens is 1. The zero-order chi connectivity index (χ0) is 15.0. The molecule has 1 N–H and O–H groups in total. The van der Waals surface area contributed by atoms with Crippen LogP contribution in [0.1, 0.15) is 25.7 Å². The minimum atomic E-state index is -0.831. The number of furan rings is 1.